The maximum Gasteiger partial charge on any atom is 0.433 e. The molecule has 11 heteroatoms. The van der Waals surface area contributed by atoms with Gasteiger partial charge in [0.05, 0.1) is 13.3 Å². The third-order valence-electron chi connectivity index (χ3n) is 6.01. The van der Waals surface area contributed by atoms with E-state index in [1.54, 1.807) is 37.6 Å². The predicted octanol–water partition coefficient (Wildman–Crippen LogP) is 5.34. The number of carbonyl (C=O) groups excluding carboxylic acids is 1. The van der Waals surface area contributed by atoms with Gasteiger partial charge >= 0.3 is 12.2 Å². The van der Waals surface area contributed by atoms with Crippen molar-refractivity contribution in [3.05, 3.63) is 82.9 Å². The van der Waals surface area contributed by atoms with Crippen LogP contribution >= 0.6 is 11.6 Å². The van der Waals surface area contributed by atoms with E-state index >= 15 is 0 Å². The molecule has 0 aliphatic carbocycles. The lowest BCUT2D eigenvalue weighted by Gasteiger charge is -2.38. The van der Waals surface area contributed by atoms with Crippen molar-refractivity contribution in [2.45, 2.75) is 31.1 Å². The first-order valence-corrected chi connectivity index (χ1v) is 11.7. The smallest absolute Gasteiger partial charge is 0.433 e. The molecular weight excluding hydrogens is 495 g/mol. The molecule has 0 saturated carbocycles. The van der Waals surface area contributed by atoms with Crippen molar-refractivity contribution in [2.75, 3.05) is 25.5 Å². The van der Waals surface area contributed by atoms with Crippen LogP contribution in [0.3, 0.4) is 0 Å². The molecule has 4 rings (SSSR count). The minimum absolute atomic E-state index is 0.150. The summed E-state index contributed by atoms with van der Waals surface area (Å²) < 4.78 is 43.7. The van der Waals surface area contributed by atoms with E-state index in [9.17, 15) is 18.0 Å². The van der Waals surface area contributed by atoms with E-state index in [1.807, 2.05) is 12.1 Å². The Morgan fingerprint density at radius 1 is 1.11 bits per heavy atom. The van der Waals surface area contributed by atoms with E-state index in [1.165, 1.54) is 12.3 Å². The van der Waals surface area contributed by atoms with Gasteiger partial charge in [0, 0.05) is 54.2 Å². The Hall–Kier alpha value is -3.37. The van der Waals surface area contributed by atoms with Gasteiger partial charge < -0.3 is 15.4 Å². The zero-order chi connectivity index (χ0) is 25.7. The van der Waals surface area contributed by atoms with Crippen molar-refractivity contribution in [1.29, 1.82) is 0 Å². The second-order valence-corrected chi connectivity index (χ2v) is 8.95. The average Bonchev–Trinajstić information content (AvgIpc) is 2.86. The van der Waals surface area contributed by atoms with E-state index < -0.39 is 11.9 Å². The van der Waals surface area contributed by atoms with Crippen molar-refractivity contribution in [3.8, 4) is 5.75 Å². The zero-order valence-corrected chi connectivity index (χ0v) is 20.2. The molecule has 2 N–H and O–H groups in total. The monoisotopic (exact) mass is 519 g/mol. The molecular formula is C25H25ClF3N5O2. The number of alkyl halides is 3. The lowest BCUT2D eigenvalue weighted by atomic mass is 9.88. The third-order valence-corrected chi connectivity index (χ3v) is 6.26. The Kier molecular flexibility index (Phi) is 7.95. The van der Waals surface area contributed by atoms with Crippen LogP contribution in [0.5, 0.6) is 5.75 Å². The molecule has 1 fully saturated rings. The molecule has 0 radical (unpaired) electrons. The van der Waals surface area contributed by atoms with E-state index in [0.717, 1.165) is 11.8 Å². The molecule has 190 valence electrons. The molecule has 3 heterocycles. The second-order valence-electron chi connectivity index (χ2n) is 8.51. The number of urea groups is 1. The van der Waals surface area contributed by atoms with Gasteiger partial charge in [-0.15, -0.1) is 0 Å². The van der Waals surface area contributed by atoms with Gasteiger partial charge in [-0.3, -0.25) is 14.9 Å². The van der Waals surface area contributed by atoms with Gasteiger partial charge in [0.1, 0.15) is 11.4 Å². The molecule has 0 spiro atoms. The van der Waals surface area contributed by atoms with Crippen LogP contribution < -0.4 is 15.4 Å². The quantitative estimate of drug-likeness (QED) is 0.460. The number of aromatic nitrogens is 2. The van der Waals surface area contributed by atoms with Crippen LogP contribution in [-0.2, 0) is 12.7 Å². The molecule has 2 unspecified atom stereocenters. The summed E-state index contributed by atoms with van der Waals surface area (Å²) in [7, 11) is 1.56. The molecule has 3 aromatic rings. The molecule has 1 saturated heterocycles. The molecule has 2 atom stereocenters. The van der Waals surface area contributed by atoms with Gasteiger partial charge in [0.25, 0.3) is 0 Å². The van der Waals surface area contributed by atoms with Crippen LogP contribution in [0.1, 0.15) is 29.3 Å². The SMILES string of the molecule is COc1ccc(C2CN(Cc3ccc(C(F)(F)F)nc3)CCC2NC(=O)Nc2ccc(Cl)cc2)nc1. The van der Waals surface area contributed by atoms with Crippen molar-refractivity contribution in [1.82, 2.24) is 20.2 Å². The summed E-state index contributed by atoms with van der Waals surface area (Å²) >= 11 is 5.91. The summed E-state index contributed by atoms with van der Waals surface area (Å²) in [6, 6.07) is 12.4. The van der Waals surface area contributed by atoms with Crippen molar-refractivity contribution >= 4 is 23.3 Å². The fourth-order valence-electron chi connectivity index (χ4n) is 4.18. The maximum absolute atomic E-state index is 12.8. The summed E-state index contributed by atoms with van der Waals surface area (Å²) in [4.78, 5) is 22.9. The minimum Gasteiger partial charge on any atom is -0.495 e. The Morgan fingerprint density at radius 2 is 1.89 bits per heavy atom. The van der Waals surface area contributed by atoms with E-state index in [4.69, 9.17) is 16.3 Å². The largest absolute Gasteiger partial charge is 0.495 e. The Balaban J connectivity index is 1.47. The van der Waals surface area contributed by atoms with Crippen LogP contribution in [0.25, 0.3) is 0 Å². The molecule has 7 nitrogen and oxygen atoms in total. The highest BCUT2D eigenvalue weighted by atomic mass is 35.5. The topological polar surface area (TPSA) is 79.4 Å². The highest BCUT2D eigenvalue weighted by Crippen LogP contribution is 2.30. The zero-order valence-electron chi connectivity index (χ0n) is 19.4. The van der Waals surface area contributed by atoms with Crippen LogP contribution in [0.2, 0.25) is 5.02 Å². The number of hydrogen-bond acceptors (Lipinski definition) is 5. The first-order valence-electron chi connectivity index (χ1n) is 11.3. The number of pyridine rings is 2. The second kappa shape index (κ2) is 11.1. The molecule has 1 aliphatic rings. The summed E-state index contributed by atoms with van der Waals surface area (Å²) in [6.45, 7) is 1.62. The summed E-state index contributed by atoms with van der Waals surface area (Å²) in [6.07, 6.45) is -0.965. The number of ether oxygens (including phenoxy) is 1. The van der Waals surface area contributed by atoms with E-state index in [0.29, 0.717) is 48.1 Å². The maximum atomic E-state index is 12.8. The molecule has 0 bridgehead atoms. The van der Waals surface area contributed by atoms with Crippen LogP contribution in [0, 0.1) is 0 Å². The Labute approximate surface area is 211 Å². The number of halogens is 4. The van der Waals surface area contributed by atoms with E-state index in [2.05, 4.69) is 25.5 Å². The third kappa shape index (κ3) is 6.64. The number of amides is 2. The number of likely N-dealkylation sites (tertiary alicyclic amines) is 1. The normalized spacial score (nSPS) is 18.5. The Morgan fingerprint density at radius 3 is 2.50 bits per heavy atom. The molecule has 2 amide bonds. The van der Waals surface area contributed by atoms with Gasteiger partial charge in [-0.25, -0.2) is 4.79 Å². The van der Waals surface area contributed by atoms with Gasteiger partial charge in [0.15, 0.2) is 0 Å². The number of hydrogen-bond donors (Lipinski definition) is 2. The molecule has 1 aromatic carbocycles. The summed E-state index contributed by atoms with van der Waals surface area (Å²) in [5.74, 6) is 0.468. The molecule has 2 aromatic heterocycles. The van der Waals surface area contributed by atoms with Gasteiger partial charge in [0.2, 0.25) is 0 Å². The average molecular weight is 520 g/mol. The van der Waals surface area contributed by atoms with E-state index in [-0.39, 0.29) is 18.0 Å². The van der Waals surface area contributed by atoms with Crippen LogP contribution in [0.4, 0.5) is 23.7 Å². The number of benzene rings is 1. The van der Waals surface area contributed by atoms with Crippen molar-refractivity contribution in [2.24, 2.45) is 0 Å². The first kappa shape index (κ1) is 25.7. The molecule has 1 aliphatic heterocycles. The lowest BCUT2D eigenvalue weighted by molar-refractivity contribution is -0.141. The highest BCUT2D eigenvalue weighted by molar-refractivity contribution is 6.30. The summed E-state index contributed by atoms with van der Waals surface area (Å²) in [5.41, 5.74) is 1.16. The minimum atomic E-state index is -4.47. The lowest BCUT2D eigenvalue weighted by Crippen LogP contribution is -2.50. The summed E-state index contributed by atoms with van der Waals surface area (Å²) in [5, 5.41) is 6.43. The van der Waals surface area contributed by atoms with Crippen LogP contribution in [-0.4, -0.2) is 47.1 Å². The first-order chi connectivity index (χ1) is 17.2. The van der Waals surface area contributed by atoms with Gasteiger partial charge in [-0.1, -0.05) is 17.7 Å². The number of rotatable bonds is 6. The van der Waals surface area contributed by atoms with Gasteiger partial charge in [-0.05, 0) is 54.4 Å². The fraction of sp³-hybridized carbons (Fsp3) is 0.320. The Bertz CT molecular complexity index is 1160. The number of anilines is 1. The fourth-order valence-corrected chi connectivity index (χ4v) is 4.31. The predicted molar refractivity (Wildman–Crippen MR) is 130 cm³/mol. The van der Waals surface area contributed by atoms with Crippen molar-refractivity contribution < 1.29 is 22.7 Å². The molecule has 36 heavy (non-hydrogen) atoms. The standard InChI is InChI=1S/C25H25ClF3N5O2/c1-36-19-7-8-21(30-13-19)20-15-34(14-16-2-9-23(31-12-16)25(27,28)29)11-10-22(20)33-24(35)32-18-5-3-17(26)4-6-18/h2-9,12-13,20,22H,10-11,14-15H2,1H3,(H2,32,33,35). The van der Waals surface area contributed by atoms with Gasteiger partial charge in [-0.2, -0.15) is 13.2 Å². The van der Waals surface area contributed by atoms with Crippen LogP contribution in [0.15, 0.2) is 60.9 Å². The number of nitrogens with one attached hydrogen (secondary N) is 2. The highest BCUT2D eigenvalue weighted by Gasteiger charge is 2.34. The van der Waals surface area contributed by atoms with Crippen molar-refractivity contribution in [3.63, 3.8) is 0 Å². The number of piperidine rings is 1. The number of methoxy groups -OCH3 is 1. The number of nitrogens with zero attached hydrogens (tertiary/aromatic N) is 3. The number of carbonyl (C=O) groups is 1.